The van der Waals surface area contributed by atoms with Gasteiger partial charge in [-0.1, -0.05) is 30.3 Å². The van der Waals surface area contributed by atoms with Crippen LogP contribution in [0.5, 0.6) is 0 Å². The standard InChI is InChI=1S/C16H21N3O2.HI/c1-17-16(19-12-15-8-5-10-21-15)18-9-11-20-13-14-6-3-2-4-7-14;/h2-8,10H,9,11-13H2,1H3,(H2,17,18,19);1H. The second-order valence-electron chi connectivity index (χ2n) is 4.47. The molecule has 5 nitrogen and oxygen atoms in total. The topological polar surface area (TPSA) is 58.8 Å². The minimum Gasteiger partial charge on any atom is -0.467 e. The number of aliphatic imine (C=N–C) groups is 1. The Labute approximate surface area is 148 Å². The van der Waals surface area contributed by atoms with Crippen LogP contribution in [0.25, 0.3) is 0 Å². The van der Waals surface area contributed by atoms with Gasteiger partial charge in [0.1, 0.15) is 5.76 Å². The summed E-state index contributed by atoms with van der Waals surface area (Å²) in [7, 11) is 1.74. The zero-order valence-corrected chi connectivity index (χ0v) is 14.9. The van der Waals surface area contributed by atoms with Crippen LogP contribution in [0.15, 0.2) is 58.1 Å². The first-order valence-electron chi connectivity index (χ1n) is 6.97. The highest BCUT2D eigenvalue weighted by molar-refractivity contribution is 14.0. The van der Waals surface area contributed by atoms with Crippen LogP contribution >= 0.6 is 24.0 Å². The maximum Gasteiger partial charge on any atom is 0.191 e. The SMILES string of the molecule is CN=C(NCCOCc1ccccc1)NCc1ccco1.I. The van der Waals surface area contributed by atoms with Gasteiger partial charge < -0.3 is 19.8 Å². The lowest BCUT2D eigenvalue weighted by molar-refractivity contribution is 0.125. The number of hydrogen-bond donors (Lipinski definition) is 2. The van der Waals surface area contributed by atoms with E-state index in [1.54, 1.807) is 13.3 Å². The second-order valence-corrected chi connectivity index (χ2v) is 4.47. The molecule has 0 saturated carbocycles. The van der Waals surface area contributed by atoms with Crippen LogP contribution in [-0.2, 0) is 17.9 Å². The molecule has 0 atom stereocenters. The summed E-state index contributed by atoms with van der Waals surface area (Å²) < 4.78 is 10.9. The van der Waals surface area contributed by atoms with Crippen LogP contribution < -0.4 is 10.6 Å². The number of furan rings is 1. The summed E-state index contributed by atoms with van der Waals surface area (Å²) in [6, 6.07) is 13.9. The molecule has 0 aliphatic heterocycles. The van der Waals surface area contributed by atoms with E-state index in [9.17, 15) is 0 Å². The van der Waals surface area contributed by atoms with Crippen molar-refractivity contribution in [1.29, 1.82) is 0 Å². The van der Waals surface area contributed by atoms with E-state index in [4.69, 9.17) is 9.15 Å². The van der Waals surface area contributed by atoms with Crippen molar-refractivity contribution in [1.82, 2.24) is 10.6 Å². The summed E-state index contributed by atoms with van der Waals surface area (Å²) >= 11 is 0. The highest BCUT2D eigenvalue weighted by Crippen LogP contribution is 2.00. The molecule has 6 heteroatoms. The average Bonchev–Trinajstić information content (AvgIpc) is 3.04. The molecule has 2 aromatic rings. The number of hydrogen-bond acceptors (Lipinski definition) is 3. The smallest absolute Gasteiger partial charge is 0.191 e. The number of benzene rings is 1. The van der Waals surface area contributed by atoms with Gasteiger partial charge in [0.15, 0.2) is 5.96 Å². The fourth-order valence-corrected chi connectivity index (χ4v) is 1.81. The maximum atomic E-state index is 5.60. The van der Waals surface area contributed by atoms with Crippen LogP contribution in [-0.4, -0.2) is 26.2 Å². The molecule has 2 N–H and O–H groups in total. The summed E-state index contributed by atoms with van der Waals surface area (Å²) in [5.74, 6) is 1.60. The van der Waals surface area contributed by atoms with E-state index in [0.29, 0.717) is 26.3 Å². The fourth-order valence-electron chi connectivity index (χ4n) is 1.81. The van der Waals surface area contributed by atoms with Crippen molar-refractivity contribution in [2.24, 2.45) is 4.99 Å². The van der Waals surface area contributed by atoms with E-state index >= 15 is 0 Å². The van der Waals surface area contributed by atoms with Gasteiger partial charge in [-0.15, -0.1) is 24.0 Å². The lowest BCUT2D eigenvalue weighted by Gasteiger charge is -2.11. The van der Waals surface area contributed by atoms with Crippen molar-refractivity contribution in [3.8, 4) is 0 Å². The second kappa shape index (κ2) is 11.1. The van der Waals surface area contributed by atoms with Gasteiger partial charge in [0.25, 0.3) is 0 Å². The highest BCUT2D eigenvalue weighted by Gasteiger charge is 1.99. The zero-order chi connectivity index (χ0) is 14.8. The van der Waals surface area contributed by atoms with E-state index in [0.717, 1.165) is 11.7 Å². The molecular formula is C16H22IN3O2. The molecule has 1 heterocycles. The summed E-state index contributed by atoms with van der Waals surface area (Å²) in [5.41, 5.74) is 1.18. The molecule has 1 aromatic carbocycles. The number of halogens is 1. The normalized spacial score (nSPS) is 10.9. The van der Waals surface area contributed by atoms with Crippen molar-refractivity contribution in [2.75, 3.05) is 20.2 Å². The molecule has 2 rings (SSSR count). The maximum absolute atomic E-state index is 5.60. The number of rotatable bonds is 7. The Hall–Kier alpha value is -1.54. The fraction of sp³-hybridized carbons (Fsp3) is 0.312. The minimum atomic E-state index is 0. The van der Waals surface area contributed by atoms with Crippen molar-refractivity contribution in [3.05, 3.63) is 60.1 Å². The van der Waals surface area contributed by atoms with Gasteiger partial charge >= 0.3 is 0 Å². The largest absolute Gasteiger partial charge is 0.467 e. The molecule has 0 saturated heterocycles. The van der Waals surface area contributed by atoms with Gasteiger partial charge in [-0.05, 0) is 17.7 Å². The van der Waals surface area contributed by atoms with E-state index in [1.807, 2.05) is 30.3 Å². The van der Waals surface area contributed by atoms with Crippen LogP contribution in [0.4, 0.5) is 0 Å². The first-order valence-corrected chi connectivity index (χ1v) is 6.97. The van der Waals surface area contributed by atoms with Gasteiger partial charge in [0.05, 0.1) is 26.0 Å². The first-order chi connectivity index (χ1) is 10.4. The molecule has 22 heavy (non-hydrogen) atoms. The number of nitrogens with zero attached hydrogens (tertiary/aromatic N) is 1. The summed E-state index contributed by atoms with van der Waals surface area (Å²) in [4.78, 5) is 4.14. The lowest BCUT2D eigenvalue weighted by Crippen LogP contribution is -2.38. The average molecular weight is 415 g/mol. The summed E-state index contributed by atoms with van der Waals surface area (Å²) in [5, 5.41) is 6.36. The number of nitrogens with one attached hydrogen (secondary N) is 2. The predicted octanol–water partition coefficient (Wildman–Crippen LogP) is 2.78. The zero-order valence-electron chi connectivity index (χ0n) is 12.6. The number of guanidine groups is 1. The molecule has 0 aliphatic rings. The van der Waals surface area contributed by atoms with Crippen molar-refractivity contribution in [3.63, 3.8) is 0 Å². The molecular weight excluding hydrogens is 393 g/mol. The van der Waals surface area contributed by atoms with Crippen LogP contribution in [0.3, 0.4) is 0 Å². The third kappa shape index (κ3) is 6.95. The third-order valence-electron chi connectivity index (χ3n) is 2.88. The Morgan fingerprint density at radius 3 is 2.64 bits per heavy atom. The van der Waals surface area contributed by atoms with Crippen LogP contribution in [0.1, 0.15) is 11.3 Å². The minimum absolute atomic E-state index is 0. The van der Waals surface area contributed by atoms with Gasteiger partial charge in [-0.2, -0.15) is 0 Å². The van der Waals surface area contributed by atoms with E-state index < -0.39 is 0 Å². The van der Waals surface area contributed by atoms with Gasteiger partial charge in [-0.3, -0.25) is 4.99 Å². The van der Waals surface area contributed by atoms with E-state index in [1.165, 1.54) is 5.56 Å². The number of ether oxygens (including phenoxy) is 1. The Morgan fingerprint density at radius 2 is 1.95 bits per heavy atom. The van der Waals surface area contributed by atoms with E-state index in [2.05, 4.69) is 27.8 Å². The Bertz CT molecular complexity index is 530. The van der Waals surface area contributed by atoms with Gasteiger partial charge in [0, 0.05) is 13.6 Å². The summed E-state index contributed by atoms with van der Waals surface area (Å²) in [6.07, 6.45) is 1.66. The van der Waals surface area contributed by atoms with Crippen molar-refractivity contribution >= 4 is 29.9 Å². The van der Waals surface area contributed by atoms with Gasteiger partial charge in [0.2, 0.25) is 0 Å². The van der Waals surface area contributed by atoms with Gasteiger partial charge in [-0.25, -0.2) is 0 Å². The monoisotopic (exact) mass is 415 g/mol. The quantitative estimate of drug-likeness (QED) is 0.316. The molecule has 0 bridgehead atoms. The van der Waals surface area contributed by atoms with Crippen molar-refractivity contribution < 1.29 is 9.15 Å². The molecule has 0 fully saturated rings. The Balaban J connectivity index is 0.00000242. The molecule has 0 radical (unpaired) electrons. The molecule has 120 valence electrons. The predicted molar refractivity (Wildman–Crippen MR) is 98.4 cm³/mol. The lowest BCUT2D eigenvalue weighted by atomic mass is 10.2. The molecule has 0 unspecified atom stereocenters. The van der Waals surface area contributed by atoms with Crippen LogP contribution in [0.2, 0.25) is 0 Å². The Kier molecular flexibility index (Phi) is 9.33. The molecule has 0 aliphatic carbocycles. The Morgan fingerprint density at radius 1 is 1.14 bits per heavy atom. The van der Waals surface area contributed by atoms with E-state index in [-0.39, 0.29) is 24.0 Å². The molecule has 0 spiro atoms. The molecule has 0 amide bonds. The highest BCUT2D eigenvalue weighted by atomic mass is 127. The third-order valence-corrected chi connectivity index (χ3v) is 2.88. The summed E-state index contributed by atoms with van der Waals surface area (Å²) in [6.45, 7) is 2.56. The van der Waals surface area contributed by atoms with Crippen molar-refractivity contribution in [2.45, 2.75) is 13.2 Å². The van der Waals surface area contributed by atoms with Crippen LogP contribution in [0, 0.1) is 0 Å². The molecule has 1 aromatic heterocycles. The first kappa shape index (κ1) is 18.5.